The zero-order valence-corrected chi connectivity index (χ0v) is 18.6. The molecule has 0 saturated carbocycles. The van der Waals surface area contributed by atoms with E-state index in [1.807, 2.05) is 13.0 Å². The molecule has 1 heterocycles. The van der Waals surface area contributed by atoms with Crippen LogP contribution >= 0.6 is 11.6 Å². The quantitative estimate of drug-likeness (QED) is 0.423. The molecule has 32 heavy (non-hydrogen) atoms. The Hall–Kier alpha value is -3.62. The van der Waals surface area contributed by atoms with Gasteiger partial charge in [-0.05, 0) is 61.5 Å². The van der Waals surface area contributed by atoms with Gasteiger partial charge in [0.05, 0.1) is 22.3 Å². The molecule has 0 saturated heterocycles. The van der Waals surface area contributed by atoms with E-state index < -0.39 is 10.0 Å². The maximum atomic E-state index is 12.5. The number of aromatic nitrogens is 2. The molecule has 0 radical (unpaired) electrons. The molecule has 0 aliphatic rings. The number of rotatable bonds is 6. The first-order chi connectivity index (χ1) is 15.3. The van der Waals surface area contributed by atoms with E-state index in [0.29, 0.717) is 22.0 Å². The number of amides is 1. The van der Waals surface area contributed by atoms with Gasteiger partial charge in [-0.1, -0.05) is 35.4 Å². The van der Waals surface area contributed by atoms with Crippen molar-refractivity contribution in [3.8, 4) is 5.69 Å². The number of nitrogens with one attached hydrogen (secondary N) is 2. The first-order valence-electron chi connectivity index (χ1n) is 9.62. The van der Waals surface area contributed by atoms with E-state index in [0.717, 1.165) is 11.3 Å². The van der Waals surface area contributed by atoms with Crippen molar-refractivity contribution in [2.45, 2.75) is 11.8 Å². The zero-order chi connectivity index (χ0) is 22.7. The van der Waals surface area contributed by atoms with Crippen LogP contribution in [-0.2, 0) is 10.0 Å². The number of nitrogens with zero attached hydrogens (tertiary/aromatic N) is 2. The van der Waals surface area contributed by atoms with E-state index in [2.05, 4.69) is 15.1 Å². The van der Waals surface area contributed by atoms with Crippen LogP contribution in [0.2, 0.25) is 5.02 Å². The molecule has 1 aromatic heterocycles. The lowest BCUT2D eigenvalue weighted by atomic mass is 10.2. The molecule has 7 nitrogen and oxygen atoms in total. The number of benzene rings is 3. The molecule has 4 rings (SSSR count). The van der Waals surface area contributed by atoms with E-state index >= 15 is 0 Å². The Balaban J connectivity index is 1.42. The van der Waals surface area contributed by atoms with Gasteiger partial charge in [-0.2, -0.15) is 5.10 Å². The first kappa shape index (κ1) is 21.6. The standard InChI is InChI=1S/C23H19ClN4O3S/c1-16-5-11-22(12-6-16)32(30,31)27-20-9-7-19(8-10-20)26-23(29)17-14-25-28(15-17)21-4-2-3-18(24)13-21/h2-15,27H,1H3,(H,26,29). The summed E-state index contributed by atoms with van der Waals surface area (Å²) in [4.78, 5) is 12.7. The van der Waals surface area contributed by atoms with Crippen LogP contribution < -0.4 is 10.0 Å². The number of carbonyl (C=O) groups is 1. The third-order valence-electron chi connectivity index (χ3n) is 4.64. The van der Waals surface area contributed by atoms with Crippen molar-refractivity contribution in [1.82, 2.24) is 9.78 Å². The van der Waals surface area contributed by atoms with Gasteiger partial charge >= 0.3 is 0 Å². The van der Waals surface area contributed by atoms with Gasteiger partial charge in [-0.3, -0.25) is 9.52 Å². The highest BCUT2D eigenvalue weighted by molar-refractivity contribution is 7.92. The van der Waals surface area contributed by atoms with Crippen molar-refractivity contribution in [3.05, 3.63) is 101 Å². The molecule has 0 fully saturated rings. The second-order valence-electron chi connectivity index (χ2n) is 7.10. The molecule has 0 aliphatic carbocycles. The van der Waals surface area contributed by atoms with Crippen LogP contribution in [0.25, 0.3) is 5.69 Å². The molecule has 4 aromatic rings. The molecule has 0 spiro atoms. The Morgan fingerprint density at radius 2 is 1.66 bits per heavy atom. The van der Waals surface area contributed by atoms with Crippen LogP contribution in [-0.4, -0.2) is 24.1 Å². The van der Waals surface area contributed by atoms with Crippen molar-refractivity contribution >= 4 is 38.9 Å². The summed E-state index contributed by atoms with van der Waals surface area (Å²) in [5, 5.41) is 7.54. The third-order valence-corrected chi connectivity index (χ3v) is 6.28. The minimum absolute atomic E-state index is 0.178. The minimum atomic E-state index is -3.69. The van der Waals surface area contributed by atoms with Crippen LogP contribution in [0.15, 0.2) is 90.1 Å². The van der Waals surface area contributed by atoms with Crippen LogP contribution in [0.3, 0.4) is 0 Å². The van der Waals surface area contributed by atoms with Crippen molar-refractivity contribution < 1.29 is 13.2 Å². The zero-order valence-electron chi connectivity index (χ0n) is 17.0. The topological polar surface area (TPSA) is 93.1 Å². The fourth-order valence-corrected chi connectivity index (χ4v) is 4.20. The van der Waals surface area contributed by atoms with E-state index in [4.69, 9.17) is 11.6 Å². The molecule has 0 aliphatic heterocycles. The van der Waals surface area contributed by atoms with Gasteiger partial charge < -0.3 is 5.32 Å². The molecule has 0 unspecified atom stereocenters. The van der Waals surface area contributed by atoms with Crippen molar-refractivity contribution in [1.29, 1.82) is 0 Å². The van der Waals surface area contributed by atoms with E-state index in [-0.39, 0.29) is 10.8 Å². The summed E-state index contributed by atoms with van der Waals surface area (Å²) in [5.41, 5.74) is 2.99. The lowest BCUT2D eigenvalue weighted by molar-refractivity contribution is 0.102. The first-order valence-corrected chi connectivity index (χ1v) is 11.5. The molecule has 2 N–H and O–H groups in total. The smallest absolute Gasteiger partial charge is 0.261 e. The maximum absolute atomic E-state index is 12.5. The summed E-state index contributed by atoms with van der Waals surface area (Å²) in [6, 6.07) is 20.1. The van der Waals surface area contributed by atoms with Crippen LogP contribution in [0.1, 0.15) is 15.9 Å². The minimum Gasteiger partial charge on any atom is -0.322 e. The number of sulfonamides is 1. The summed E-state index contributed by atoms with van der Waals surface area (Å²) in [6.45, 7) is 1.89. The third kappa shape index (κ3) is 4.99. The average molecular weight is 467 g/mol. The largest absolute Gasteiger partial charge is 0.322 e. The summed E-state index contributed by atoms with van der Waals surface area (Å²) < 4.78 is 29.1. The normalized spacial score (nSPS) is 11.2. The SMILES string of the molecule is Cc1ccc(S(=O)(=O)Nc2ccc(NC(=O)c3cnn(-c4cccc(Cl)c4)c3)cc2)cc1. The van der Waals surface area contributed by atoms with Crippen molar-refractivity contribution in [3.63, 3.8) is 0 Å². The highest BCUT2D eigenvalue weighted by Gasteiger charge is 2.14. The van der Waals surface area contributed by atoms with Crippen LogP contribution in [0.4, 0.5) is 11.4 Å². The summed E-state index contributed by atoms with van der Waals surface area (Å²) >= 11 is 6.00. The predicted octanol–water partition coefficient (Wildman–Crippen LogP) is 4.89. The molecule has 162 valence electrons. The summed E-state index contributed by atoms with van der Waals surface area (Å²) in [6.07, 6.45) is 3.06. The molecule has 1 amide bonds. The Labute approximate surface area is 190 Å². The molecule has 9 heteroatoms. The fraction of sp³-hybridized carbons (Fsp3) is 0.0435. The lowest BCUT2D eigenvalue weighted by Crippen LogP contribution is -2.13. The molecule has 0 atom stereocenters. The Bertz CT molecular complexity index is 1370. The monoisotopic (exact) mass is 466 g/mol. The lowest BCUT2D eigenvalue weighted by Gasteiger charge is -2.09. The molecular formula is C23H19ClN4O3S. The van der Waals surface area contributed by atoms with Crippen molar-refractivity contribution in [2.75, 3.05) is 10.0 Å². The van der Waals surface area contributed by atoms with Crippen molar-refractivity contribution in [2.24, 2.45) is 0 Å². The van der Waals surface area contributed by atoms with E-state index in [1.165, 1.54) is 6.20 Å². The van der Waals surface area contributed by atoms with E-state index in [9.17, 15) is 13.2 Å². The Morgan fingerprint density at radius 1 is 0.969 bits per heavy atom. The highest BCUT2D eigenvalue weighted by Crippen LogP contribution is 2.20. The highest BCUT2D eigenvalue weighted by atomic mass is 35.5. The number of halogens is 1. The van der Waals surface area contributed by atoms with Gasteiger partial charge in [0.25, 0.3) is 15.9 Å². The number of carbonyl (C=O) groups excluding carboxylic acids is 1. The second-order valence-corrected chi connectivity index (χ2v) is 9.22. The Kier molecular flexibility index (Phi) is 5.98. The Morgan fingerprint density at radius 3 is 2.34 bits per heavy atom. The van der Waals surface area contributed by atoms with E-state index in [1.54, 1.807) is 77.6 Å². The average Bonchev–Trinajstić information content (AvgIpc) is 3.26. The number of hydrogen-bond donors (Lipinski definition) is 2. The molecule has 3 aromatic carbocycles. The summed E-state index contributed by atoms with van der Waals surface area (Å²) in [7, 11) is -3.69. The fourth-order valence-electron chi connectivity index (χ4n) is 2.96. The van der Waals surface area contributed by atoms with Crippen LogP contribution in [0.5, 0.6) is 0 Å². The van der Waals surface area contributed by atoms with Crippen LogP contribution in [0, 0.1) is 6.92 Å². The van der Waals surface area contributed by atoms with Gasteiger partial charge in [0, 0.05) is 22.6 Å². The number of aryl methyl sites for hydroxylation is 1. The van der Waals surface area contributed by atoms with Gasteiger partial charge in [-0.15, -0.1) is 0 Å². The molecule has 0 bridgehead atoms. The summed E-state index contributed by atoms with van der Waals surface area (Å²) in [5.74, 6) is -0.341. The molecular weight excluding hydrogens is 448 g/mol. The van der Waals surface area contributed by atoms with Gasteiger partial charge in [-0.25, -0.2) is 13.1 Å². The number of hydrogen-bond acceptors (Lipinski definition) is 4. The predicted molar refractivity (Wildman–Crippen MR) is 125 cm³/mol. The van der Waals surface area contributed by atoms with Gasteiger partial charge in [0.2, 0.25) is 0 Å². The van der Waals surface area contributed by atoms with Gasteiger partial charge in [0.15, 0.2) is 0 Å². The maximum Gasteiger partial charge on any atom is 0.261 e. The second kappa shape index (κ2) is 8.86. The van der Waals surface area contributed by atoms with Gasteiger partial charge in [0.1, 0.15) is 0 Å². The number of anilines is 2.